The first-order valence-electron chi connectivity index (χ1n) is 7.03. The van der Waals surface area contributed by atoms with Gasteiger partial charge in [0, 0.05) is 5.56 Å². The molecule has 1 aromatic carbocycles. The van der Waals surface area contributed by atoms with Gasteiger partial charge in [-0.2, -0.15) is 0 Å². The molecule has 1 fully saturated rings. The number of hydrogen-bond donors (Lipinski definition) is 0. The van der Waals surface area contributed by atoms with E-state index in [1.165, 1.54) is 35.5 Å². The average Bonchev–Trinajstić information content (AvgIpc) is 2.90. The van der Waals surface area contributed by atoms with Crippen LogP contribution in [0.1, 0.15) is 48.2 Å². The lowest BCUT2D eigenvalue weighted by Crippen LogP contribution is -2.18. The molecule has 2 rings (SSSR count). The predicted molar refractivity (Wildman–Crippen MR) is 80.7 cm³/mol. The van der Waals surface area contributed by atoms with Gasteiger partial charge in [0.25, 0.3) is 0 Å². The molecule has 0 amide bonds. The van der Waals surface area contributed by atoms with Gasteiger partial charge in [0.05, 0.1) is 0 Å². The first kappa shape index (κ1) is 13.7. The molecule has 0 bridgehead atoms. The Morgan fingerprint density at radius 1 is 1.11 bits per heavy atom. The van der Waals surface area contributed by atoms with E-state index < -0.39 is 0 Å². The van der Waals surface area contributed by atoms with E-state index in [0.29, 0.717) is 16.7 Å². The van der Waals surface area contributed by atoms with E-state index in [9.17, 15) is 4.79 Å². The second-order valence-electron chi connectivity index (χ2n) is 4.99. The molecule has 0 N–H and O–H groups in total. The van der Waals surface area contributed by atoms with E-state index in [1.54, 1.807) is 0 Å². The maximum absolute atomic E-state index is 12.3. The lowest BCUT2D eigenvalue weighted by Gasteiger charge is -2.08. The van der Waals surface area contributed by atoms with Crippen molar-refractivity contribution in [3.63, 3.8) is 0 Å². The third-order valence-electron chi connectivity index (χ3n) is 3.74. The van der Waals surface area contributed by atoms with Gasteiger partial charge in [-0.15, -0.1) is 0 Å². The van der Waals surface area contributed by atoms with Gasteiger partial charge in [0.15, 0.2) is 5.75 Å². The van der Waals surface area contributed by atoms with Gasteiger partial charge in [-0.05, 0) is 53.8 Å². The second kappa shape index (κ2) is 6.42. The van der Waals surface area contributed by atoms with Crippen molar-refractivity contribution in [3.05, 3.63) is 34.9 Å². The van der Waals surface area contributed by atoms with Crippen molar-refractivity contribution < 1.29 is 4.79 Å². The van der Waals surface area contributed by atoms with Crippen molar-refractivity contribution in [3.8, 4) is 0 Å². The summed E-state index contributed by atoms with van der Waals surface area (Å²) < 4.78 is 0. The summed E-state index contributed by atoms with van der Waals surface area (Å²) in [6.45, 7) is 4.34. The molecule has 1 aromatic rings. The maximum Gasteiger partial charge on any atom is 0.211 e. The molecular weight excluding hydrogens is 240 g/mol. The predicted octanol–water partition coefficient (Wildman–Crippen LogP) is 3.41. The number of hydrogen-bond acceptors (Lipinski definition) is 1. The van der Waals surface area contributed by atoms with Crippen molar-refractivity contribution in [2.75, 3.05) is 17.3 Å². The number of carbonyl (C=O) groups excluding carboxylic acids is 1. The SMILES string of the molecule is CCc1ccc(C(=O)C[S+]2CCCC2)cc1CC. The number of carbonyl (C=O) groups is 1. The van der Waals surface area contributed by atoms with Gasteiger partial charge < -0.3 is 0 Å². The number of benzene rings is 1. The smallest absolute Gasteiger partial charge is 0.211 e. The highest BCUT2D eigenvalue weighted by Crippen LogP contribution is 2.18. The minimum absolute atomic E-state index is 0.359. The molecule has 0 unspecified atom stereocenters. The van der Waals surface area contributed by atoms with Crippen LogP contribution in [0.3, 0.4) is 0 Å². The zero-order chi connectivity index (χ0) is 13.0. The van der Waals surface area contributed by atoms with Crippen LogP contribution < -0.4 is 0 Å². The largest absolute Gasteiger partial charge is 0.289 e. The molecule has 2 heteroatoms. The summed E-state index contributed by atoms with van der Waals surface area (Å²) in [5.41, 5.74) is 3.67. The Hall–Kier alpha value is -0.760. The van der Waals surface area contributed by atoms with Crippen LogP contribution in [0.2, 0.25) is 0 Å². The Labute approximate surface area is 113 Å². The van der Waals surface area contributed by atoms with Gasteiger partial charge in [-0.25, -0.2) is 0 Å². The number of Topliss-reactive ketones (excluding diaryl/α,β-unsaturated/α-hetero) is 1. The Morgan fingerprint density at radius 3 is 2.39 bits per heavy atom. The van der Waals surface area contributed by atoms with E-state index in [4.69, 9.17) is 0 Å². The molecule has 18 heavy (non-hydrogen) atoms. The highest BCUT2D eigenvalue weighted by molar-refractivity contribution is 7.97. The Bertz CT molecular complexity index is 419. The molecule has 0 spiro atoms. The second-order valence-corrected chi connectivity index (χ2v) is 7.32. The van der Waals surface area contributed by atoms with Crippen molar-refractivity contribution in [1.29, 1.82) is 0 Å². The molecule has 0 saturated carbocycles. The molecular formula is C16H23OS+. The average molecular weight is 263 g/mol. The maximum atomic E-state index is 12.3. The summed E-state index contributed by atoms with van der Waals surface area (Å²) in [6, 6.07) is 6.30. The molecule has 1 saturated heterocycles. The van der Waals surface area contributed by atoms with Gasteiger partial charge in [-0.3, -0.25) is 4.79 Å². The van der Waals surface area contributed by atoms with Crippen LogP contribution in [-0.4, -0.2) is 23.0 Å². The van der Waals surface area contributed by atoms with E-state index in [0.717, 1.165) is 24.2 Å². The summed E-state index contributed by atoms with van der Waals surface area (Å²) in [4.78, 5) is 12.3. The topological polar surface area (TPSA) is 17.1 Å². The zero-order valence-corrected chi connectivity index (χ0v) is 12.3. The Kier molecular flexibility index (Phi) is 4.87. The summed E-state index contributed by atoms with van der Waals surface area (Å²) in [5, 5.41) is 0. The molecule has 1 nitrogen and oxygen atoms in total. The summed E-state index contributed by atoms with van der Waals surface area (Å²) in [7, 11) is 0.377. The third-order valence-corrected chi connectivity index (χ3v) is 6.14. The van der Waals surface area contributed by atoms with Crippen molar-refractivity contribution in [2.24, 2.45) is 0 Å². The van der Waals surface area contributed by atoms with Gasteiger partial charge in [-0.1, -0.05) is 26.0 Å². The van der Waals surface area contributed by atoms with E-state index in [-0.39, 0.29) is 0 Å². The van der Waals surface area contributed by atoms with Gasteiger partial charge in [0.2, 0.25) is 5.78 Å². The quantitative estimate of drug-likeness (QED) is 0.588. The van der Waals surface area contributed by atoms with Crippen molar-refractivity contribution in [1.82, 2.24) is 0 Å². The molecule has 0 atom stereocenters. The molecule has 98 valence electrons. The van der Waals surface area contributed by atoms with Crippen LogP contribution in [0.15, 0.2) is 18.2 Å². The molecule has 0 radical (unpaired) electrons. The highest BCUT2D eigenvalue weighted by atomic mass is 32.2. The van der Waals surface area contributed by atoms with Crippen LogP contribution >= 0.6 is 0 Å². The van der Waals surface area contributed by atoms with Crippen molar-refractivity contribution >= 4 is 16.7 Å². The monoisotopic (exact) mass is 263 g/mol. The fraction of sp³-hybridized carbons (Fsp3) is 0.562. The first-order chi connectivity index (χ1) is 8.74. The first-order valence-corrected chi connectivity index (χ1v) is 8.77. The summed E-state index contributed by atoms with van der Waals surface area (Å²) in [6.07, 6.45) is 4.73. The lowest BCUT2D eigenvalue weighted by atomic mass is 9.99. The minimum Gasteiger partial charge on any atom is -0.289 e. The van der Waals surface area contributed by atoms with E-state index >= 15 is 0 Å². The van der Waals surface area contributed by atoms with Crippen LogP contribution in [0.25, 0.3) is 0 Å². The molecule has 0 aromatic heterocycles. The molecule has 1 aliphatic heterocycles. The fourth-order valence-corrected chi connectivity index (χ4v) is 4.86. The van der Waals surface area contributed by atoms with Crippen LogP contribution in [0.5, 0.6) is 0 Å². The highest BCUT2D eigenvalue weighted by Gasteiger charge is 2.27. The Balaban J connectivity index is 2.09. The van der Waals surface area contributed by atoms with Gasteiger partial charge in [0.1, 0.15) is 11.5 Å². The fourth-order valence-electron chi connectivity index (χ4n) is 2.60. The number of rotatable bonds is 5. The zero-order valence-electron chi connectivity index (χ0n) is 11.5. The summed E-state index contributed by atoms with van der Waals surface area (Å²) >= 11 is 0. The van der Waals surface area contributed by atoms with E-state index in [1.807, 2.05) is 6.07 Å². The van der Waals surface area contributed by atoms with E-state index in [2.05, 4.69) is 26.0 Å². The van der Waals surface area contributed by atoms with Crippen LogP contribution in [-0.2, 0) is 23.7 Å². The Morgan fingerprint density at radius 2 is 1.78 bits per heavy atom. The molecule has 1 aliphatic rings. The third kappa shape index (κ3) is 3.17. The molecule has 0 aliphatic carbocycles. The number of aryl methyl sites for hydroxylation is 2. The van der Waals surface area contributed by atoms with Crippen molar-refractivity contribution in [2.45, 2.75) is 39.5 Å². The van der Waals surface area contributed by atoms with Gasteiger partial charge >= 0.3 is 0 Å². The van der Waals surface area contributed by atoms with Crippen LogP contribution in [0.4, 0.5) is 0 Å². The summed E-state index contributed by atoms with van der Waals surface area (Å²) in [5.74, 6) is 3.70. The number of ketones is 1. The van der Waals surface area contributed by atoms with Crippen LogP contribution in [0, 0.1) is 0 Å². The minimum atomic E-state index is 0.359. The standard InChI is InChI=1S/C16H23OS/c1-3-13-7-8-15(11-14(13)4-2)16(17)12-18-9-5-6-10-18/h7-8,11H,3-6,9-10,12H2,1-2H3/q+1. The lowest BCUT2D eigenvalue weighted by molar-refractivity contribution is 0.102. The normalized spacial score (nSPS) is 16.1. The molecule has 1 heterocycles.